The summed E-state index contributed by atoms with van der Waals surface area (Å²) in [6.45, 7) is -0.178. The van der Waals surface area contributed by atoms with Crippen LogP contribution < -0.4 is 10.7 Å². The number of pyridine rings is 1. The van der Waals surface area contributed by atoms with Crippen LogP contribution in [0.5, 0.6) is 0 Å². The lowest BCUT2D eigenvalue weighted by Crippen LogP contribution is -2.20. The molecule has 0 atom stereocenters. The number of aromatic nitrogens is 1. The standard InChI is InChI=1S/C18H11BrClF3N2O2/c19-10-1-4-15-12(7-10)16(26)5-6-25(15)9-17(27)24-11-2-3-14(20)13(8-11)18(21,22)23/h1-8H,9H2,(H,24,27). The Kier molecular flexibility index (Phi) is 5.30. The summed E-state index contributed by atoms with van der Waals surface area (Å²) in [6, 6.07) is 9.51. The van der Waals surface area contributed by atoms with Crippen LogP contribution in [-0.2, 0) is 17.5 Å². The lowest BCUT2D eigenvalue weighted by Gasteiger charge is -2.13. The van der Waals surface area contributed by atoms with Gasteiger partial charge in [-0.15, -0.1) is 0 Å². The molecule has 0 spiro atoms. The Hall–Kier alpha value is -2.32. The van der Waals surface area contributed by atoms with Gasteiger partial charge in [-0.25, -0.2) is 0 Å². The maximum absolute atomic E-state index is 12.9. The molecule has 140 valence electrons. The minimum Gasteiger partial charge on any atom is -0.338 e. The van der Waals surface area contributed by atoms with Crippen LogP contribution in [0.25, 0.3) is 10.9 Å². The molecule has 1 N–H and O–H groups in total. The summed E-state index contributed by atoms with van der Waals surface area (Å²) in [7, 11) is 0. The molecule has 2 aromatic carbocycles. The van der Waals surface area contributed by atoms with Crippen LogP contribution >= 0.6 is 27.5 Å². The number of hydrogen-bond acceptors (Lipinski definition) is 2. The molecule has 0 aliphatic heterocycles. The number of carbonyl (C=O) groups is 1. The van der Waals surface area contributed by atoms with Gasteiger partial charge in [-0.05, 0) is 36.4 Å². The number of amides is 1. The second-order valence-corrected chi connectivity index (χ2v) is 7.03. The van der Waals surface area contributed by atoms with Crippen molar-refractivity contribution in [3.63, 3.8) is 0 Å². The van der Waals surface area contributed by atoms with Crippen molar-refractivity contribution in [1.82, 2.24) is 4.57 Å². The summed E-state index contributed by atoms with van der Waals surface area (Å²) in [5.74, 6) is -0.543. The Morgan fingerprint density at radius 1 is 1.15 bits per heavy atom. The monoisotopic (exact) mass is 458 g/mol. The van der Waals surface area contributed by atoms with E-state index >= 15 is 0 Å². The Bertz CT molecular complexity index is 1100. The zero-order chi connectivity index (χ0) is 19.8. The highest BCUT2D eigenvalue weighted by atomic mass is 79.9. The molecule has 27 heavy (non-hydrogen) atoms. The predicted octanol–water partition coefficient (Wildman–Crippen LogP) is 5.07. The Morgan fingerprint density at radius 3 is 2.59 bits per heavy atom. The predicted molar refractivity (Wildman–Crippen MR) is 101 cm³/mol. The van der Waals surface area contributed by atoms with Crippen LogP contribution in [0.1, 0.15) is 5.56 Å². The average molecular weight is 460 g/mol. The Morgan fingerprint density at radius 2 is 1.89 bits per heavy atom. The highest BCUT2D eigenvalue weighted by Gasteiger charge is 2.33. The van der Waals surface area contributed by atoms with Gasteiger partial charge < -0.3 is 9.88 Å². The molecular formula is C18H11BrClF3N2O2. The van der Waals surface area contributed by atoms with E-state index in [9.17, 15) is 22.8 Å². The van der Waals surface area contributed by atoms with Crippen molar-refractivity contribution in [1.29, 1.82) is 0 Å². The zero-order valence-corrected chi connectivity index (χ0v) is 15.8. The van der Waals surface area contributed by atoms with E-state index in [0.29, 0.717) is 10.9 Å². The van der Waals surface area contributed by atoms with E-state index < -0.39 is 22.7 Å². The SMILES string of the molecule is O=C(Cn1ccc(=O)c2cc(Br)ccc21)Nc1ccc(Cl)c(C(F)(F)F)c1. The highest BCUT2D eigenvalue weighted by molar-refractivity contribution is 9.10. The fraction of sp³-hybridized carbons (Fsp3) is 0.111. The second-order valence-electron chi connectivity index (χ2n) is 5.71. The topological polar surface area (TPSA) is 51.1 Å². The van der Waals surface area contributed by atoms with Crippen molar-refractivity contribution in [2.75, 3.05) is 5.32 Å². The van der Waals surface area contributed by atoms with Gasteiger partial charge in [0, 0.05) is 27.8 Å². The molecule has 1 aromatic heterocycles. The second kappa shape index (κ2) is 7.36. The molecule has 0 aliphatic carbocycles. The third-order valence-electron chi connectivity index (χ3n) is 3.81. The quantitative estimate of drug-likeness (QED) is 0.594. The number of carbonyl (C=O) groups excluding carboxylic acids is 1. The number of alkyl halides is 3. The lowest BCUT2D eigenvalue weighted by molar-refractivity contribution is -0.137. The molecule has 3 aromatic rings. The van der Waals surface area contributed by atoms with E-state index in [4.69, 9.17) is 11.6 Å². The first-order valence-electron chi connectivity index (χ1n) is 7.60. The molecule has 9 heteroatoms. The number of benzene rings is 2. The number of nitrogens with one attached hydrogen (secondary N) is 1. The van der Waals surface area contributed by atoms with Crippen molar-refractivity contribution in [3.05, 3.63) is 73.9 Å². The summed E-state index contributed by atoms with van der Waals surface area (Å²) in [4.78, 5) is 24.3. The first-order chi connectivity index (χ1) is 12.6. The smallest absolute Gasteiger partial charge is 0.338 e. The van der Waals surface area contributed by atoms with Gasteiger partial charge >= 0.3 is 6.18 Å². The van der Waals surface area contributed by atoms with Gasteiger partial charge in [-0.2, -0.15) is 13.2 Å². The first-order valence-corrected chi connectivity index (χ1v) is 8.77. The lowest BCUT2D eigenvalue weighted by atomic mass is 10.2. The molecule has 3 rings (SSSR count). The zero-order valence-electron chi connectivity index (χ0n) is 13.5. The van der Waals surface area contributed by atoms with Crippen molar-refractivity contribution < 1.29 is 18.0 Å². The van der Waals surface area contributed by atoms with Gasteiger partial charge in [0.2, 0.25) is 5.91 Å². The van der Waals surface area contributed by atoms with Crippen LogP contribution in [0.3, 0.4) is 0 Å². The minimum absolute atomic E-state index is 0.0233. The molecule has 0 aliphatic rings. The van der Waals surface area contributed by atoms with E-state index in [1.807, 2.05) is 0 Å². The Labute approximate surface area is 164 Å². The molecule has 0 radical (unpaired) electrons. The van der Waals surface area contributed by atoms with Crippen molar-refractivity contribution in [2.45, 2.75) is 12.7 Å². The third-order valence-corrected chi connectivity index (χ3v) is 4.63. The highest BCUT2D eigenvalue weighted by Crippen LogP contribution is 2.36. The van der Waals surface area contributed by atoms with Crippen molar-refractivity contribution in [3.8, 4) is 0 Å². The molecule has 4 nitrogen and oxygen atoms in total. The van der Waals surface area contributed by atoms with Gasteiger partial charge in [0.1, 0.15) is 6.54 Å². The molecule has 0 unspecified atom stereocenters. The maximum Gasteiger partial charge on any atom is 0.417 e. The van der Waals surface area contributed by atoms with Crippen LogP contribution in [0, 0.1) is 0 Å². The van der Waals surface area contributed by atoms with Gasteiger partial charge in [-0.3, -0.25) is 9.59 Å². The van der Waals surface area contributed by atoms with Crippen LogP contribution in [0.4, 0.5) is 18.9 Å². The summed E-state index contributed by atoms with van der Waals surface area (Å²) in [5.41, 5.74) is -0.714. The van der Waals surface area contributed by atoms with Gasteiger partial charge in [0.25, 0.3) is 0 Å². The fourth-order valence-corrected chi connectivity index (χ4v) is 3.18. The molecule has 1 amide bonds. The number of halogens is 5. The molecule has 0 saturated carbocycles. The fourth-order valence-electron chi connectivity index (χ4n) is 2.60. The average Bonchev–Trinajstić information content (AvgIpc) is 2.58. The van der Waals surface area contributed by atoms with E-state index in [2.05, 4.69) is 21.2 Å². The molecule has 0 fully saturated rings. The minimum atomic E-state index is -4.62. The molecule has 0 bridgehead atoms. The van der Waals surface area contributed by atoms with Gasteiger partial charge in [0.05, 0.1) is 16.1 Å². The summed E-state index contributed by atoms with van der Waals surface area (Å²) < 4.78 is 41.0. The number of fused-ring (bicyclic) bond motifs is 1. The molecule has 0 saturated heterocycles. The summed E-state index contributed by atoms with van der Waals surface area (Å²) in [5, 5.41) is 2.39. The van der Waals surface area contributed by atoms with Crippen molar-refractivity contribution >= 4 is 50.0 Å². The number of anilines is 1. The van der Waals surface area contributed by atoms with Crippen LogP contribution in [-0.4, -0.2) is 10.5 Å². The first kappa shape index (κ1) is 19.4. The Balaban J connectivity index is 1.86. The normalized spacial score (nSPS) is 11.6. The van der Waals surface area contributed by atoms with Crippen LogP contribution in [0.2, 0.25) is 5.02 Å². The number of hydrogen-bond donors (Lipinski definition) is 1. The third kappa shape index (κ3) is 4.33. The van der Waals surface area contributed by atoms with E-state index in [0.717, 1.165) is 16.6 Å². The van der Waals surface area contributed by atoms with Gasteiger partial charge in [-0.1, -0.05) is 27.5 Å². The van der Waals surface area contributed by atoms with Crippen LogP contribution in [0.15, 0.2) is 57.9 Å². The van der Waals surface area contributed by atoms with Gasteiger partial charge in [0.15, 0.2) is 5.43 Å². The number of nitrogens with zero attached hydrogens (tertiary/aromatic N) is 1. The summed E-state index contributed by atoms with van der Waals surface area (Å²) in [6.07, 6.45) is -3.17. The van der Waals surface area contributed by atoms with E-state index in [1.165, 1.54) is 18.3 Å². The molecule has 1 heterocycles. The van der Waals surface area contributed by atoms with E-state index in [1.54, 1.807) is 22.8 Å². The van der Waals surface area contributed by atoms with E-state index in [-0.39, 0.29) is 17.7 Å². The number of rotatable bonds is 3. The summed E-state index contributed by atoms with van der Waals surface area (Å²) >= 11 is 8.85. The molecular weight excluding hydrogens is 449 g/mol. The largest absolute Gasteiger partial charge is 0.417 e. The maximum atomic E-state index is 12.9. The van der Waals surface area contributed by atoms with Crippen molar-refractivity contribution in [2.24, 2.45) is 0 Å².